The number of hydrogen-bond donors (Lipinski definition) is 0. The molecular weight excluding hydrogens is 418 g/mol. The van der Waals surface area contributed by atoms with Crippen LogP contribution in [0, 0.1) is 12.8 Å². The topological polar surface area (TPSA) is 40.6 Å². The second-order valence-corrected chi connectivity index (χ2v) is 9.46. The number of nitrogens with zero attached hydrogens (tertiary/aromatic N) is 1. The Balaban J connectivity index is 1.45. The van der Waals surface area contributed by atoms with Gasteiger partial charge in [-0.05, 0) is 62.4 Å². The number of benzene rings is 2. The van der Waals surface area contributed by atoms with Crippen molar-refractivity contribution in [2.45, 2.75) is 51.0 Å². The molecule has 0 radical (unpaired) electrons. The fourth-order valence-corrected chi connectivity index (χ4v) is 5.04. The predicted molar refractivity (Wildman–Crippen MR) is 132 cm³/mol. The molecule has 0 amide bonds. The van der Waals surface area contributed by atoms with Crippen molar-refractivity contribution in [1.29, 1.82) is 0 Å². The van der Waals surface area contributed by atoms with Crippen molar-refractivity contribution in [2.75, 3.05) is 25.6 Å². The Morgan fingerprint density at radius 3 is 2.75 bits per heavy atom. The Labute approximate surface area is 195 Å². The first kappa shape index (κ1) is 22.9. The Morgan fingerprint density at radius 1 is 1.06 bits per heavy atom. The average Bonchev–Trinajstić information content (AvgIpc) is 2.84. The summed E-state index contributed by atoms with van der Waals surface area (Å²) < 4.78 is 17.8. The number of hydrogen-bond acceptors (Lipinski definition) is 5. The molecule has 3 aromatic rings. The highest BCUT2D eigenvalue weighted by Gasteiger charge is 2.15. The Morgan fingerprint density at radius 2 is 1.91 bits per heavy atom. The number of unbranched alkanes of at least 4 members (excludes halogenated alkanes) is 1. The molecule has 1 aliphatic heterocycles. The third-order valence-electron chi connectivity index (χ3n) is 5.93. The van der Waals surface area contributed by atoms with Crippen molar-refractivity contribution in [2.24, 2.45) is 5.92 Å². The number of fused-ring (bicyclic) bond motifs is 1. The molecule has 4 rings (SSSR count). The van der Waals surface area contributed by atoms with E-state index in [-0.39, 0.29) is 0 Å². The molecule has 0 saturated carbocycles. The molecular formula is C27H33NO3S. The molecule has 1 fully saturated rings. The molecule has 0 atom stereocenters. The van der Waals surface area contributed by atoms with Crippen LogP contribution in [-0.2, 0) is 11.3 Å². The van der Waals surface area contributed by atoms with Crippen molar-refractivity contribution >= 4 is 22.7 Å². The van der Waals surface area contributed by atoms with E-state index in [1.54, 1.807) is 0 Å². The Hall–Kier alpha value is -2.24. The highest BCUT2D eigenvalue weighted by molar-refractivity contribution is 7.99. The fraction of sp³-hybridized carbons (Fsp3) is 0.444. The average molecular weight is 452 g/mol. The lowest BCUT2D eigenvalue weighted by atomic mass is 10.0. The second-order valence-electron chi connectivity index (χ2n) is 8.36. The summed E-state index contributed by atoms with van der Waals surface area (Å²) in [6, 6.07) is 16.6. The summed E-state index contributed by atoms with van der Waals surface area (Å²) in [5, 5.41) is 1.07. The first-order chi connectivity index (χ1) is 15.7. The van der Waals surface area contributed by atoms with Gasteiger partial charge in [0.25, 0.3) is 0 Å². The van der Waals surface area contributed by atoms with Gasteiger partial charge in [0.1, 0.15) is 18.1 Å². The zero-order valence-electron chi connectivity index (χ0n) is 19.1. The minimum Gasteiger partial charge on any atom is -0.493 e. The molecule has 4 nitrogen and oxygen atoms in total. The SMILES string of the molecule is CCCCOc1c(C)c(COc2cccc(SCC3CCOCC3)c2)nc2ccccc12. The van der Waals surface area contributed by atoms with Gasteiger partial charge in [-0.15, -0.1) is 11.8 Å². The summed E-state index contributed by atoms with van der Waals surface area (Å²) in [7, 11) is 0. The molecule has 170 valence electrons. The van der Waals surface area contributed by atoms with Crippen molar-refractivity contribution in [3.8, 4) is 11.5 Å². The first-order valence-corrected chi connectivity index (χ1v) is 12.7. The zero-order chi connectivity index (χ0) is 22.2. The van der Waals surface area contributed by atoms with Crippen molar-refractivity contribution in [1.82, 2.24) is 4.98 Å². The molecule has 0 N–H and O–H groups in total. The summed E-state index contributed by atoms with van der Waals surface area (Å²) >= 11 is 1.91. The van der Waals surface area contributed by atoms with Gasteiger partial charge in [0, 0.05) is 34.8 Å². The highest BCUT2D eigenvalue weighted by Crippen LogP contribution is 2.32. The van der Waals surface area contributed by atoms with Crippen molar-refractivity contribution in [3.05, 3.63) is 59.8 Å². The van der Waals surface area contributed by atoms with E-state index >= 15 is 0 Å². The zero-order valence-corrected chi connectivity index (χ0v) is 20.0. The van der Waals surface area contributed by atoms with Gasteiger partial charge < -0.3 is 14.2 Å². The van der Waals surface area contributed by atoms with Crippen LogP contribution in [0.2, 0.25) is 0 Å². The first-order valence-electron chi connectivity index (χ1n) is 11.7. The highest BCUT2D eigenvalue weighted by atomic mass is 32.2. The monoisotopic (exact) mass is 451 g/mol. The van der Waals surface area contributed by atoms with E-state index in [1.165, 1.54) is 17.7 Å². The molecule has 2 heterocycles. The lowest BCUT2D eigenvalue weighted by Gasteiger charge is -2.21. The molecule has 5 heteroatoms. The molecule has 0 aliphatic carbocycles. The summed E-state index contributed by atoms with van der Waals surface area (Å²) in [6.45, 7) is 7.20. The largest absolute Gasteiger partial charge is 0.493 e. The maximum atomic E-state index is 6.18. The van der Waals surface area contributed by atoms with Crippen LogP contribution in [0.3, 0.4) is 0 Å². The van der Waals surface area contributed by atoms with E-state index < -0.39 is 0 Å². The third-order valence-corrected chi connectivity index (χ3v) is 7.15. The molecule has 1 aliphatic rings. The lowest BCUT2D eigenvalue weighted by Crippen LogP contribution is -2.17. The second kappa shape index (κ2) is 11.6. The number of rotatable bonds is 10. The van der Waals surface area contributed by atoms with Crippen LogP contribution in [0.5, 0.6) is 11.5 Å². The number of pyridine rings is 1. The number of thioether (sulfide) groups is 1. The van der Waals surface area contributed by atoms with Gasteiger partial charge in [-0.1, -0.05) is 31.5 Å². The summed E-state index contributed by atoms with van der Waals surface area (Å²) in [6.07, 6.45) is 4.48. The minimum atomic E-state index is 0.425. The molecule has 1 saturated heterocycles. The summed E-state index contributed by atoms with van der Waals surface area (Å²) in [5.41, 5.74) is 2.93. The smallest absolute Gasteiger partial charge is 0.133 e. The minimum absolute atomic E-state index is 0.425. The van der Waals surface area contributed by atoms with E-state index in [9.17, 15) is 0 Å². The van der Waals surface area contributed by atoms with Crippen LogP contribution in [0.25, 0.3) is 10.9 Å². The summed E-state index contributed by atoms with van der Waals surface area (Å²) in [5.74, 6) is 3.69. The van der Waals surface area contributed by atoms with Gasteiger partial charge in [-0.2, -0.15) is 0 Å². The number of aromatic nitrogens is 1. The van der Waals surface area contributed by atoms with Crippen molar-refractivity contribution in [3.63, 3.8) is 0 Å². The van der Waals surface area contributed by atoms with Gasteiger partial charge in [0.05, 0.1) is 17.8 Å². The van der Waals surface area contributed by atoms with Crippen LogP contribution in [0.4, 0.5) is 0 Å². The van der Waals surface area contributed by atoms with E-state index in [0.29, 0.717) is 6.61 Å². The van der Waals surface area contributed by atoms with Crippen LogP contribution in [0.15, 0.2) is 53.4 Å². The molecule has 2 aromatic carbocycles. The van der Waals surface area contributed by atoms with E-state index in [4.69, 9.17) is 19.2 Å². The van der Waals surface area contributed by atoms with Crippen LogP contribution in [0.1, 0.15) is 43.9 Å². The Kier molecular flexibility index (Phi) is 8.30. The summed E-state index contributed by atoms with van der Waals surface area (Å²) in [4.78, 5) is 6.13. The van der Waals surface area contributed by atoms with E-state index in [2.05, 4.69) is 38.1 Å². The molecule has 1 aromatic heterocycles. The van der Waals surface area contributed by atoms with E-state index in [1.807, 2.05) is 36.0 Å². The van der Waals surface area contributed by atoms with Crippen molar-refractivity contribution < 1.29 is 14.2 Å². The normalized spacial score (nSPS) is 14.6. The number of para-hydroxylation sites is 1. The maximum absolute atomic E-state index is 6.18. The van der Waals surface area contributed by atoms with Gasteiger partial charge in [-0.25, -0.2) is 4.98 Å². The molecule has 0 spiro atoms. The van der Waals surface area contributed by atoms with E-state index in [0.717, 1.165) is 78.0 Å². The third kappa shape index (κ3) is 5.96. The maximum Gasteiger partial charge on any atom is 0.133 e. The van der Waals surface area contributed by atoms with Crippen LogP contribution in [-0.4, -0.2) is 30.6 Å². The van der Waals surface area contributed by atoms with Gasteiger partial charge in [-0.3, -0.25) is 0 Å². The van der Waals surface area contributed by atoms with Gasteiger partial charge in [0.2, 0.25) is 0 Å². The lowest BCUT2D eigenvalue weighted by molar-refractivity contribution is 0.0728. The standard InChI is InChI=1S/C27H33NO3S/c1-3-4-14-30-27-20(2)26(28-25-11-6-5-10-24(25)27)18-31-22-8-7-9-23(17-22)32-19-21-12-15-29-16-13-21/h5-11,17,21H,3-4,12-16,18-19H2,1-2H3. The fourth-order valence-electron chi connectivity index (χ4n) is 3.90. The molecule has 32 heavy (non-hydrogen) atoms. The van der Waals surface area contributed by atoms with Crippen LogP contribution < -0.4 is 9.47 Å². The van der Waals surface area contributed by atoms with Gasteiger partial charge >= 0.3 is 0 Å². The molecule has 0 unspecified atom stereocenters. The predicted octanol–water partition coefficient (Wildman–Crippen LogP) is 6.82. The van der Waals surface area contributed by atoms with Gasteiger partial charge in [0.15, 0.2) is 0 Å². The molecule has 0 bridgehead atoms. The Bertz CT molecular complexity index is 1020. The quantitative estimate of drug-likeness (QED) is 0.250. The number of ether oxygens (including phenoxy) is 3. The van der Waals surface area contributed by atoms with Crippen LogP contribution >= 0.6 is 11.8 Å².